The third kappa shape index (κ3) is 10.7. The summed E-state index contributed by atoms with van der Waals surface area (Å²) in [5.74, 6) is -1.16. The zero-order valence-electron chi connectivity index (χ0n) is 37.2. The summed E-state index contributed by atoms with van der Waals surface area (Å²) in [5.41, 5.74) is 4.51. The largest absolute Gasteiger partial charge is 0.464 e. The Bertz CT molecular complexity index is 2210. The molecule has 4 fully saturated rings. The van der Waals surface area contributed by atoms with E-state index < -0.39 is 18.0 Å². The van der Waals surface area contributed by atoms with Gasteiger partial charge in [0.25, 0.3) is 5.91 Å². The molecule has 0 spiro atoms. The molecule has 64 heavy (non-hydrogen) atoms. The fraction of sp³-hybridized carbons (Fsp3) is 0.609. The van der Waals surface area contributed by atoms with Crippen molar-refractivity contribution in [3.05, 3.63) is 63.6 Å². The molecule has 0 unspecified atom stereocenters. The number of nitrogens with zero attached hydrogens (tertiary/aromatic N) is 7. The highest BCUT2D eigenvalue weighted by Crippen LogP contribution is 2.27. The van der Waals surface area contributed by atoms with Crippen LogP contribution in [0.15, 0.2) is 45.6 Å². The van der Waals surface area contributed by atoms with Crippen molar-refractivity contribution in [2.24, 2.45) is 7.05 Å². The summed E-state index contributed by atoms with van der Waals surface area (Å²) in [6, 6.07) is 11.5. The highest BCUT2D eigenvalue weighted by molar-refractivity contribution is 5.91. The Kier molecular flexibility index (Phi) is 14.5. The molecule has 0 saturated carbocycles. The number of fused-ring (bicyclic) bond motifs is 2. The summed E-state index contributed by atoms with van der Waals surface area (Å²) in [5, 5.41) is 3.04. The second-order valence-corrected chi connectivity index (χ2v) is 17.7. The van der Waals surface area contributed by atoms with Crippen molar-refractivity contribution in [2.75, 3.05) is 104 Å². The smallest absolute Gasteiger partial charge is 0.419 e. The molecule has 18 heteroatoms. The summed E-state index contributed by atoms with van der Waals surface area (Å²) in [6.07, 6.45) is 2.12. The number of hydrogen-bond acceptors (Lipinski definition) is 12. The van der Waals surface area contributed by atoms with Crippen LogP contribution in [-0.4, -0.2) is 180 Å². The lowest BCUT2D eigenvalue weighted by molar-refractivity contribution is -0.147. The number of para-hydroxylation sites is 1. The van der Waals surface area contributed by atoms with Gasteiger partial charge in [0, 0.05) is 116 Å². The Morgan fingerprint density at radius 2 is 1.52 bits per heavy atom. The topological polar surface area (TPSA) is 180 Å². The lowest BCUT2D eigenvalue weighted by Gasteiger charge is -2.43. The first-order chi connectivity index (χ1) is 31.0. The van der Waals surface area contributed by atoms with Crippen molar-refractivity contribution >= 4 is 46.7 Å². The number of rotatable bonds is 12. The van der Waals surface area contributed by atoms with Crippen LogP contribution in [-0.2, 0) is 48.5 Å². The van der Waals surface area contributed by atoms with Crippen molar-refractivity contribution in [3.63, 3.8) is 0 Å². The predicted octanol–water partition coefficient (Wildman–Crippen LogP) is 2.83. The Morgan fingerprint density at radius 1 is 0.812 bits per heavy atom. The molecule has 6 heterocycles. The van der Waals surface area contributed by atoms with Gasteiger partial charge in [0.2, 0.25) is 5.91 Å². The maximum Gasteiger partial charge on any atom is 0.419 e. The van der Waals surface area contributed by atoms with Crippen molar-refractivity contribution in [1.29, 1.82) is 0 Å². The molecule has 0 aliphatic carbocycles. The highest BCUT2D eigenvalue weighted by atomic mass is 16.6. The number of carbonyl (C=O) groups excluding carboxylic acids is 5. The van der Waals surface area contributed by atoms with Gasteiger partial charge in [-0.15, -0.1) is 0 Å². The number of piperazine rings is 1. The van der Waals surface area contributed by atoms with Gasteiger partial charge in [-0.25, -0.2) is 14.4 Å². The van der Waals surface area contributed by atoms with E-state index in [-0.39, 0.29) is 55.2 Å². The maximum atomic E-state index is 14.4. The molecule has 3 aromatic rings. The van der Waals surface area contributed by atoms with E-state index in [1.165, 1.54) is 4.57 Å². The van der Waals surface area contributed by atoms with E-state index in [0.717, 1.165) is 49.2 Å². The number of aryl methyl sites for hydroxylation is 2. The van der Waals surface area contributed by atoms with Crippen molar-refractivity contribution < 1.29 is 42.6 Å². The van der Waals surface area contributed by atoms with Crippen LogP contribution in [0.3, 0.4) is 0 Å². The van der Waals surface area contributed by atoms with E-state index in [4.69, 9.17) is 18.6 Å². The number of piperidine rings is 2. The second kappa shape index (κ2) is 20.6. The van der Waals surface area contributed by atoms with Gasteiger partial charge in [-0.1, -0.05) is 24.3 Å². The van der Waals surface area contributed by atoms with E-state index in [1.54, 1.807) is 22.9 Å². The molecular formula is C46H62N8O10. The molecule has 5 aliphatic rings. The standard InChI is InChI=1S/C46H62N8O10/c1-32-29-33(30-38-42(32)48(2)45(59)63-38)31-39(64-46(60)53-16-12-36(13-17-53)54-18-9-34-5-3-4-6-37(34)47-44(54)58)43(57)52-21-19-50(20-22-52)35-10-14-51(15-11-35)40(55)7-8-41(56)62-28-25-49-23-26-61-27-24-49/h3-6,29-30,35-36,39H,7-28,31H2,1-2H3,(H,47,58)/t39-/m1/s1. The summed E-state index contributed by atoms with van der Waals surface area (Å²) in [6.45, 7) is 10.6. The fourth-order valence-corrected chi connectivity index (χ4v) is 9.93. The third-order valence-electron chi connectivity index (χ3n) is 13.7. The second-order valence-electron chi connectivity index (χ2n) is 17.7. The minimum atomic E-state index is -1.12. The minimum absolute atomic E-state index is 0.0381. The van der Waals surface area contributed by atoms with E-state index in [2.05, 4.69) is 15.1 Å². The van der Waals surface area contributed by atoms with Gasteiger partial charge < -0.3 is 43.5 Å². The van der Waals surface area contributed by atoms with Crippen LogP contribution in [0, 0.1) is 6.92 Å². The van der Waals surface area contributed by atoms with Gasteiger partial charge >= 0.3 is 23.8 Å². The number of amides is 5. The molecule has 1 aromatic heterocycles. The molecular weight excluding hydrogens is 825 g/mol. The summed E-state index contributed by atoms with van der Waals surface area (Å²) in [4.78, 5) is 90.8. The zero-order chi connectivity index (χ0) is 44.7. The molecule has 4 saturated heterocycles. The number of morpholine rings is 1. The predicted molar refractivity (Wildman–Crippen MR) is 236 cm³/mol. The van der Waals surface area contributed by atoms with Gasteiger partial charge in [0.15, 0.2) is 11.7 Å². The van der Waals surface area contributed by atoms with Gasteiger partial charge in [-0.05, 0) is 67.9 Å². The molecule has 1 N–H and O–H groups in total. The minimum Gasteiger partial charge on any atom is -0.464 e. The van der Waals surface area contributed by atoms with Crippen LogP contribution in [0.2, 0.25) is 0 Å². The maximum absolute atomic E-state index is 14.4. The summed E-state index contributed by atoms with van der Waals surface area (Å²) < 4.78 is 23.8. The third-order valence-corrected chi connectivity index (χ3v) is 13.7. The van der Waals surface area contributed by atoms with Crippen molar-refractivity contribution in [1.82, 2.24) is 34.0 Å². The first-order valence-electron chi connectivity index (χ1n) is 23.0. The quantitative estimate of drug-likeness (QED) is 0.264. The summed E-state index contributed by atoms with van der Waals surface area (Å²) in [7, 11) is 1.65. The Labute approximate surface area is 373 Å². The number of nitrogens with one attached hydrogen (secondary N) is 1. The van der Waals surface area contributed by atoms with E-state index in [9.17, 15) is 28.8 Å². The molecule has 346 valence electrons. The molecule has 18 nitrogen and oxygen atoms in total. The van der Waals surface area contributed by atoms with Gasteiger partial charge in [-0.3, -0.25) is 28.8 Å². The molecule has 1 atom stereocenters. The number of esters is 1. The molecule has 8 rings (SSSR count). The number of hydrogen-bond donors (Lipinski definition) is 1. The van der Waals surface area contributed by atoms with Gasteiger partial charge in [0.1, 0.15) is 6.61 Å². The Morgan fingerprint density at radius 3 is 2.27 bits per heavy atom. The number of aromatic nitrogens is 1. The molecule has 0 radical (unpaired) electrons. The number of benzene rings is 2. The first-order valence-corrected chi connectivity index (χ1v) is 23.0. The van der Waals surface area contributed by atoms with Crippen molar-refractivity contribution in [3.8, 4) is 0 Å². The van der Waals surface area contributed by atoms with Gasteiger partial charge in [-0.2, -0.15) is 0 Å². The number of carbonyl (C=O) groups is 5. The Hall–Kier alpha value is -5.46. The molecule has 5 aliphatic heterocycles. The van der Waals surface area contributed by atoms with Crippen LogP contribution in [0.25, 0.3) is 11.1 Å². The zero-order valence-corrected chi connectivity index (χ0v) is 37.2. The van der Waals surface area contributed by atoms with Crippen LogP contribution in [0.4, 0.5) is 15.3 Å². The van der Waals surface area contributed by atoms with Crippen LogP contribution >= 0.6 is 0 Å². The van der Waals surface area contributed by atoms with Gasteiger partial charge in [0.05, 0.1) is 25.2 Å². The average molecular weight is 887 g/mol. The van der Waals surface area contributed by atoms with E-state index in [0.29, 0.717) is 115 Å². The number of urea groups is 1. The number of ether oxygens (including phenoxy) is 3. The SMILES string of the molecule is Cc1cc(C[C@@H](OC(=O)N2CCC(N3CCc4ccccc4NC3=O)CC2)C(=O)N2CCN(C3CCN(C(=O)CCC(=O)OCCN4CCOCC4)CC3)CC2)cc2oc(=O)n(C)c12. The van der Waals surface area contributed by atoms with Crippen LogP contribution in [0.1, 0.15) is 55.2 Å². The first kappa shape index (κ1) is 45.1. The molecule has 2 aromatic carbocycles. The lowest BCUT2D eigenvalue weighted by atomic mass is 10.0. The fourth-order valence-electron chi connectivity index (χ4n) is 9.93. The van der Waals surface area contributed by atoms with Crippen LogP contribution < -0.4 is 11.1 Å². The average Bonchev–Trinajstić information content (AvgIpc) is 3.49. The Balaban J connectivity index is 0.831. The number of oxazole rings is 1. The highest BCUT2D eigenvalue weighted by Gasteiger charge is 2.37. The molecule has 0 bridgehead atoms. The monoisotopic (exact) mass is 886 g/mol. The number of likely N-dealkylation sites (tertiary alicyclic amines) is 2. The molecule has 5 amide bonds. The van der Waals surface area contributed by atoms with Crippen molar-refractivity contribution in [2.45, 2.75) is 76.5 Å². The number of anilines is 1. The van der Waals surface area contributed by atoms with Crippen LogP contribution in [0.5, 0.6) is 0 Å². The van der Waals surface area contributed by atoms with E-state index in [1.807, 2.05) is 47.1 Å². The van der Waals surface area contributed by atoms with E-state index >= 15 is 0 Å². The lowest BCUT2D eigenvalue weighted by Crippen LogP contribution is -2.57. The normalized spacial score (nSPS) is 20.1. The summed E-state index contributed by atoms with van der Waals surface area (Å²) >= 11 is 0.